The largest absolute Gasteiger partial charge is 0.497 e. The first-order chi connectivity index (χ1) is 17.9. The highest BCUT2D eigenvalue weighted by molar-refractivity contribution is 8.01. The number of benzene rings is 1. The molecule has 0 aromatic heterocycles. The van der Waals surface area contributed by atoms with Gasteiger partial charge in [0.1, 0.15) is 16.8 Å². The molecule has 1 aliphatic heterocycles. The first-order valence-electron chi connectivity index (χ1n) is 12.0. The summed E-state index contributed by atoms with van der Waals surface area (Å²) >= 11 is 1.31. The number of nitrogens with zero attached hydrogens (tertiary/aromatic N) is 2. The summed E-state index contributed by atoms with van der Waals surface area (Å²) in [5.74, 6) is -0.287. The van der Waals surface area contributed by atoms with Gasteiger partial charge in [0.2, 0.25) is 5.91 Å². The van der Waals surface area contributed by atoms with Crippen LogP contribution in [-0.4, -0.2) is 89.5 Å². The van der Waals surface area contributed by atoms with Crippen molar-refractivity contribution in [1.82, 2.24) is 21.4 Å². The third kappa shape index (κ3) is 11.9. The lowest BCUT2D eigenvalue weighted by Gasteiger charge is -2.32. The minimum absolute atomic E-state index is 0.0137. The Morgan fingerprint density at radius 2 is 1.95 bits per heavy atom. The smallest absolute Gasteiger partial charge is 0.315 e. The van der Waals surface area contributed by atoms with Crippen LogP contribution in [-0.2, 0) is 25.5 Å². The number of carbonyl (C=O) groups is 2. The second kappa shape index (κ2) is 17.7. The Kier molecular flexibility index (Phi) is 14.6. The van der Waals surface area contributed by atoms with E-state index in [1.807, 2.05) is 6.92 Å². The van der Waals surface area contributed by atoms with Crippen LogP contribution in [0.3, 0.4) is 0 Å². The zero-order chi connectivity index (χ0) is 26.9. The Bertz CT molecular complexity index is 867. The molecule has 208 valence electrons. The highest BCUT2D eigenvalue weighted by atomic mass is 32.2. The van der Waals surface area contributed by atoms with E-state index >= 15 is 0 Å². The average molecular weight is 545 g/mol. The van der Waals surface area contributed by atoms with Gasteiger partial charge in [-0.05, 0) is 6.07 Å². The van der Waals surface area contributed by atoms with Crippen LogP contribution in [0.25, 0.3) is 0 Å². The van der Waals surface area contributed by atoms with Gasteiger partial charge in [0.15, 0.2) is 0 Å². The van der Waals surface area contributed by atoms with Crippen molar-refractivity contribution < 1.29 is 32.9 Å². The summed E-state index contributed by atoms with van der Waals surface area (Å²) in [4.78, 5) is 24.8. The highest BCUT2D eigenvalue weighted by Crippen LogP contribution is 2.25. The molecule has 2 unspecified atom stereocenters. The van der Waals surface area contributed by atoms with Crippen molar-refractivity contribution in [3.05, 3.63) is 29.6 Å². The molecular weight excluding hydrogens is 507 g/mol. The summed E-state index contributed by atoms with van der Waals surface area (Å²) in [6, 6.07) is 4.18. The fraction of sp³-hybridized carbons (Fsp3) is 0.652. The lowest BCUT2D eigenvalue weighted by molar-refractivity contribution is -0.121. The van der Waals surface area contributed by atoms with Crippen LogP contribution in [0.1, 0.15) is 12.5 Å². The lowest BCUT2D eigenvalue weighted by Crippen LogP contribution is -2.54. The maximum Gasteiger partial charge on any atom is 0.315 e. The maximum absolute atomic E-state index is 14.3. The van der Waals surface area contributed by atoms with E-state index in [1.54, 1.807) is 19.2 Å². The standard InChI is InChI=1S/C23H37FN6O6S/c1-16-13-27-23(32)29-22(16)37-20(15-36-11-10-35-9-8-34-7-6-28-30-25-2)21(31)26-14-17-4-5-18(33-3)12-19(17)24/h4-5,12,16,20,22H,6-11,13-15H2,1-3H3,(H,25,28)(H,26,31)(H2,27,29,32)/t16?,20-,22?/m1/s1. The zero-order valence-electron chi connectivity index (χ0n) is 21.5. The first-order valence-corrected chi connectivity index (χ1v) is 12.9. The van der Waals surface area contributed by atoms with E-state index in [0.717, 1.165) is 0 Å². The molecule has 1 aromatic rings. The summed E-state index contributed by atoms with van der Waals surface area (Å²) in [6.07, 6.45) is 0. The highest BCUT2D eigenvalue weighted by Gasteiger charge is 2.31. The van der Waals surface area contributed by atoms with Crippen LogP contribution in [0.2, 0.25) is 0 Å². The summed E-state index contributed by atoms with van der Waals surface area (Å²) in [6.45, 7) is 5.10. The number of urea groups is 1. The summed E-state index contributed by atoms with van der Waals surface area (Å²) in [5, 5.41) is 14.6. The second-order valence-corrected chi connectivity index (χ2v) is 9.41. The minimum Gasteiger partial charge on any atom is -0.497 e. The van der Waals surface area contributed by atoms with Crippen LogP contribution in [0.15, 0.2) is 28.5 Å². The van der Waals surface area contributed by atoms with E-state index in [4.69, 9.17) is 18.9 Å². The molecule has 0 radical (unpaired) electrons. The molecule has 0 aliphatic carbocycles. The van der Waals surface area contributed by atoms with Crippen molar-refractivity contribution in [2.45, 2.75) is 24.1 Å². The first kappa shape index (κ1) is 30.5. The molecule has 1 fully saturated rings. The molecule has 1 saturated heterocycles. The van der Waals surface area contributed by atoms with E-state index in [-0.39, 0.29) is 43.0 Å². The molecular formula is C23H37FN6O6S. The quantitative estimate of drug-likeness (QED) is 0.124. The van der Waals surface area contributed by atoms with Crippen LogP contribution in [0.5, 0.6) is 5.75 Å². The van der Waals surface area contributed by atoms with Gasteiger partial charge in [0.25, 0.3) is 0 Å². The Labute approximate surface area is 220 Å². The van der Waals surface area contributed by atoms with Gasteiger partial charge >= 0.3 is 6.03 Å². The topological polar surface area (TPSA) is 144 Å². The molecule has 0 spiro atoms. The summed E-state index contributed by atoms with van der Waals surface area (Å²) in [7, 11) is 3.03. The molecule has 1 aromatic carbocycles. The fourth-order valence-electron chi connectivity index (χ4n) is 3.17. The van der Waals surface area contributed by atoms with E-state index < -0.39 is 11.1 Å². The van der Waals surface area contributed by atoms with Crippen molar-refractivity contribution in [3.63, 3.8) is 0 Å². The van der Waals surface area contributed by atoms with E-state index in [0.29, 0.717) is 50.8 Å². The minimum atomic E-state index is -0.622. The molecule has 1 heterocycles. The van der Waals surface area contributed by atoms with Crippen LogP contribution >= 0.6 is 11.8 Å². The number of hydrogen-bond donors (Lipinski definition) is 4. The zero-order valence-corrected chi connectivity index (χ0v) is 22.3. The molecule has 12 nitrogen and oxygen atoms in total. The number of nitrogens with one attached hydrogen (secondary N) is 4. The predicted molar refractivity (Wildman–Crippen MR) is 137 cm³/mol. The van der Waals surface area contributed by atoms with Crippen molar-refractivity contribution in [2.75, 3.05) is 66.9 Å². The van der Waals surface area contributed by atoms with Gasteiger partial charge < -0.3 is 34.9 Å². The number of methoxy groups -OCH3 is 1. The molecule has 2 rings (SSSR count). The molecule has 14 heteroatoms. The Morgan fingerprint density at radius 3 is 2.65 bits per heavy atom. The number of amides is 3. The number of ether oxygens (including phenoxy) is 4. The third-order valence-corrected chi connectivity index (χ3v) is 6.79. The number of thioether (sulfide) groups is 1. The van der Waals surface area contributed by atoms with Gasteiger partial charge in [0, 0.05) is 30.6 Å². The van der Waals surface area contributed by atoms with E-state index in [1.165, 1.54) is 24.9 Å². The van der Waals surface area contributed by atoms with Gasteiger partial charge in [-0.15, -0.1) is 11.8 Å². The van der Waals surface area contributed by atoms with Crippen molar-refractivity contribution in [1.29, 1.82) is 0 Å². The maximum atomic E-state index is 14.3. The normalized spacial score (nSPS) is 18.2. The number of hydrogen-bond acceptors (Lipinski definition) is 9. The molecule has 37 heavy (non-hydrogen) atoms. The molecule has 0 bridgehead atoms. The summed E-state index contributed by atoms with van der Waals surface area (Å²) < 4.78 is 35.9. The fourth-order valence-corrected chi connectivity index (χ4v) is 4.44. The lowest BCUT2D eigenvalue weighted by atomic mass is 10.1. The van der Waals surface area contributed by atoms with Crippen molar-refractivity contribution in [2.24, 2.45) is 16.3 Å². The average Bonchev–Trinajstić information content (AvgIpc) is 2.89. The molecule has 4 N–H and O–H groups in total. The van der Waals surface area contributed by atoms with Crippen LogP contribution in [0.4, 0.5) is 9.18 Å². The van der Waals surface area contributed by atoms with Crippen molar-refractivity contribution in [3.8, 4) is 5.75 Å². The number of carbonyl (C=O) groups excluding carboxylic acids is 2. The van der Waals surface area contributed by atoms with E-state index in [2.05, 4.69) is 31.7 Å². The number of rotatable bonds is 18. The Morgan fingerprint density at radius 1 is 1.22 bits per heavy atom. The Hall–Kier alpha value is -2.68. The molecule has 3 amide bonds. The van der Waals surface area contributed by atoms with Gasteiger partial charge in [-0.2, -0.15) is 5.11 Å². The van der Waals surface area contributed by atoms with E-state index in [9.17, 15) is 14.0 Å². The molecule has 1 aliphatic rings. The molecule has 3 atom stereocenters. The second-order valence-electron chi connectivity index (χ2n) is 8.06. The Balaban J connectivity index is 1.78. The summed E-state index contributed by atoms with van der Waals surface area (Å²) in [5.41, 5.74) is 3.06. The molecule has 0 saturated carbocycles. The van der Waals surface area contributed by atoms with Gasteiger partial charge in [-0.1, -0.05) is 18.2 Å². The SMILES string of the molecule is CN=NNCCOCCOCCOC[C@@H](SC1NC(=O)NCC1C)C(=O)NCc1ccc(OC)cc1F. The van der Waals surface area contributed by atoms with Crippen molar-refractivity contribution >= 4 is 23.7 Å². The monoisotopic (exact) mass is 544 g/mol. The number of halogens is 1. The predicted octanol–water partition coefficient (Wildman–Crippen LogP) is 1.46. The third-order valence-electron chi connectivity index (χ3n) is 5.23. The van der Waals surface area contributed by atoms with Crippen LogP contribution < -0.4 is 26.1 Å². The van der Waals surface area contributed by atoms with Crippen LogP contribution in [0, 0.1) is 11.7 Å². The van der Waals surface area contributed by atoms with Gasteiger partial charge in [-0.25, -0.2) is 9.18 Å². The van der Waals surface area contributed by atoms with Gasteiger partial charge in [0.05, 0.1) is 65.7 Å². The van der Waals surface area contributed by atoms with Gasteiger partial charge in [-0.3, -0.25) is 10.2 Å².